The molecule has 6 bridgehead atoms. The summed E-state index contributed by atoms with van der Waals surface area (Å²) < 4.78 is 28.0. The lowest BCUT2D eigenvalue weighted by molar-refractivity contribution is -0.174. The van der Waals surface area contributed by atoms with Crippen molar-refractivity contribution >= 4 is 29.8 Å². The second kappa shape index (κ2) is 25.4. The molecule has 60 heavy (non-hydrogen) atoms. The molecule has 358 valence electrons. The number of carboxylic acid groups (broad SMARTS) is 1. The second-order valence-corrected chi connectivity index (χ2v) is 18.0. The molecule has 14 unspecified atom stereocenters. The van der Waals surface area contributed by atoms with Crippen molar-refractivity contribution in [3.63, 3.8) is 0 Å². The fourth-order valence-corrected chi connectivity index (χ4v) is 11.0. The van der Waals surface area contributed by atoms with Crippen LogP contribution in [0.1, 0.15) is 185 Å². The normalized spacial score (nSPS) is 33.3. The first kappa shape index (κ1) is 63.9. The maximum Gasteiger partial charge on any atom is 0.312 e. The van der Waals surface area contributed by atoms with Gasteiger partial charge in [0.05, 0.1) is 42.5 Å². The summed E-state index contributed by atoms with van der Waals surface area (Å²) in [6.07, 6.45) is 12.8. The van der Waals surface area contributed by atoms with Gasteiger partial charge < -0.3 is 28.8 Å². The minimum absolute atomic E-state index is 0. The van der Waals surface area contributed by atoms with E-state index >= 15 is 0 Å². The predicted octanol–water partition coefficient (Wildman–Crippen LogP) is 11.9. The molecule has 8 aliphatic rings. The van der Waals surface area contributed by atoms with Crippen molar-refractivity contribution in [3.05, 3.63) is 0 Å². The number of rotatable bonds is 11. The minimum atomic E-state index is -0.951. The fourth-order valence-electron chi connectivity index (χ4n) is 11.0. The lowest BCUT2D eigenvalue weighted by Gasteiger charge is -2.35. The maximum absolute atomic E-state index is 13.5. The zero-order valence-electron chi connectivity index (χ0n) is 31.4. The summed E-state index contributed by atoms with van der Waals surface area (Å²) in [5.41, 5.74) is -1.86. The molecule has 14 atom stereocenters. The Labute approximate surface area is 368 Å². The fraction of sp³-hybridized carbons (Fsp3) is 0.898. The van der Waals surface area contributed by atoms with Crippen LogP contribution in [0.5, 0.6) is 0 Å². The van der Waals surface area contributed by atoms with Crippen LogP contribution < -0.4 is 0 Å². The van der Waals surface area contributed by atoms with Crippen molar-refractivity contribution in [3.8, 4) is 0 Å². The molecule has 0 aromatic rings. The summed E-state index contributed by atoms with van der Waals surface area (Å²) >= 11 is 0. The summed E-state index contributed by atoms with van der Waals surface area (Å²) in [6.45, 7) is 9.48. The van der Waals surface area contributed by atoms with Crippen molar-refractivity contribution in [1.29, 1.82) is 0 Å². The van der Waals surface area contributed by atoms with Gasteiger partial charge in [-0.2, -0.15) is 0 Å². The molecule has 0 aromatic carbocycles. The van der Waals surface area contributed by atoms with E-state index in [9.17, 15) is 19.2 Å². The topological polar surface area (TPSA) is 155 Å². The number of carbonyl (C=O) groups is 5. The van der Waals surface area contributed by atoms with Gasteiger partial charge in [0.1, 0.15) is 18.3 Å². The Morgan fingerprint density at radius 1 is 0.733 bits per heavy atom. The van der Waals surface area contributed by atoms with E-state index in [0.717, 1.165) is 57.0 Å². The Hall–Kier alpha value is -2.69. The molecule has 6 saturated carbocycles. The number of hydrogen-bond donors (Lipinski definition) is 1. The van der Waals surface area contributed by atoms with Crippen molar-refractivity contribution in [1.82, 2.24) is 0 Å². The molecule has 8 rings (SSSR count). The summed E-state index contributed by atoms with van der Waals surface area (Å²) in [5, 5.41) is 7.42. The van der Waals surface area contributed by atoms with Gasteiger partial charge >= 0.3 is 23.9 Å². The van der Waals surface area contributed by atoms with E-state index in [1.165, 1.54) is 39.2 Å². The predicted molar refractivity (Wildman–Crippen MR) is 244 cm³/mol. The number of epoxide rings is 1. The van der Waals surface area contributed by atoms with Gasteiger partial charge in [0.15, 0.2) is 0 Å². The zero-order valence-corrected chi connectivity index (χ0v) is 31.4. The van der Waals surface area contributed by atoms with Gasteiger partial charge in [-0.05, 0) is 127 Å². The summed E-state index contributed by atoms with van der Waals surface area (Å²) in [6, 6.07) is 0. The Bertz CT molecular complexity index is 1340. The van der Waals surface area contributed by atoms with Gasteiger partial charge in [-0.25, -0.2) is 0 Å². The molecule has 1 N–H and O–H groups in total. The molecule has 11 heteroatoms. The van der Waals surface area contributed by atoms with Crippen molar-refractivity contribution in [2.24, 2.45) is 64.1 Å². The lowest BCUT2D eigenvalue weighted by Crippen LogP contribution is -2.42. The third kappa shape index (κ3) is 13.7. The van der Waals surface area contributed by atoms with Crippen molar-refractivity contribution < 1.29 is 52.8 Å². The number of fused-ring (bicyclic) bond motifs is 5. The van der Waals surface area contributed by atoms with Crippen LogP contribution in [0.25, 0.3) is 0 Å². The number of esters is 4. The highest BCUT2D eigenvalue weighted by molar-refractivity contribution is 5.81. The number of ether oxygens (including phenoxy) is 5. The molecular formula is C49H96O11. The smallest absolute Gasteiger partial charge is 0.312 e. The number of aliphatic carboxylic acids is 1. The quantitative estimate of drug-likeness (QED) is 0.120. The molecule has 6 aliphatic carbocycles. The van der Waals surface area contributed by atoms with E-state index in [2.05, 4.69) is 0 Å². The molecule has 0 spiro atoms. The Morgan fingerprint density at radius 2 is 1.28 bits per heavy atom. The van der Waals surface area contributed by atoms with Crippen LogP contribution in [0, 0.1) is 64.1 Å². The van der Waals surface area contributed by atoms with E-state index in [-0.39, 0.29) is 128 Å². The van der Waals surface area contributed by atoms with Crippen LogP contribution >= 0.6 is 0 Å². The van der Waals surface area contributed by atoms with Gasteiger partial charge in [-0.15, -0.1) is 0 Å². The molecule has 0 amide bonds. The first-order valence-electron chi connectivity index (χ1n) is 19.6. The molecule has 11 nitrogen and oxygen atoms in total. The standard InChI is InChI=1S/C29H42O8.C9H14O.C2H4O2.9CH4/c1-6-29(4,27(33)37-22-17-11-19-20(12-17)25(31)36-23(19)22)14-18(24(30)34-5)13-28(2,3)26(32)35-21-10-15-7-8-16(21)9-15;1-2-7-3-6(1)4-8(7)9-5-10-9;1-2(3)4;;;;;;;;;/h15-23H,6-14H2,1-5H3;6-9H,1-5H2;1H3,(H,3,4);9*1H4. The van der Waals surface area contributed by atoms with Crippen molar-refractivity contribution in [2.75, 3.05) is 13.7 Å². The largest absolute Gasteiger partial charge is 0.481 e. The number of carbonyl (C=O) groups excluding carboxylic acids is 4. The Morgan fingerprint density at radius 3 is 1.73 bits per heavy atom. The average Bonchev–Trinajstić information content (AvgIpc) is 3.71. The molecular weight excluding hydrogens is 765 g/mol. The minimum Gasteiger partial charge on any atom is -0.481 e. The van der Waals surface area contributed by atoms with Crippen molar-refractivity contribution in [2.45, 2.75) is 209 Å². The SMILES string of the molecule is C.C.C.C.C.C.C.C.C.C1CC2CC1CC2C1CO1.CC(=O)O.CCC(C)(CC(CC(C)(C)C(=O)OC1CC2CCC1C2)C(=O)OC)C(=O)OC1C2CC3C(=O)OC1C3C2. The summed E-state index contributed by atoms with van der Waals surface area (Å²) in [4.78, 5) is 60.7. The van der Waals surface area contributed by atoms with Gasteiger partial charge in [-0.3, -0.25) is 24.0 Å². The third-order valence-corrected chi connectivity index (χ3v) is 14.0. The zero-order chi connectivity index (χ0) is 36.8. The number of hydrogen-bond acceptors (Lipinski definition) is 10. The maximum atomic E-state index is 13.5. The van der Waals surface area contributed by atoms with Gasteiger partial charge in [0, 0.05) is 18.8 Å². The van der Waals surface area contributed by atoms with Gasteiger partial charge in [-0.1, -0.05) is 80.2 Å². The number of carboxylic acids is 1. The highest BCUT2D eigenvalue weighted by Crippen LogP contribution is 2.56. The third-order valence-electron chi connectivity index (χ3n) is 14.0. The molecule has 0 radical (unpaired) electrons. The van der Waals surface area contributed by atoms with Crippen LogP contribution in [0.15, 0.2) is 0 Å². The Kier molecular flexibility index (Phi) is 27.1. The monoisotopic (exact) mass is 861 g/mol. The molecule has 2 aliphatic heterocycles. The van der Waals surface area contributed by atoms with Crippen LogP contribution in [0.4, 0.5) is 0 Å². The van der Waals surface area contributed by atoms with E-state index in [1.807, 2.05) is 13.8 Å². The molecule has 2 heterocycles. The summed E-state index contributed by atoms with van der Waals surface area (Å²) in [5.74, 6) is 1.73. The van der Waals surface area contributed by atoms with E-state index < -0.39 is 34.8 Å². The Balaban J connectivity index is -0.000000581. The lowest BCUT2D eigenvalue weighted by atomic mass is 9.73. The van der Waals surface area contributed by atoms with Gasteiger partial charge in [0.25, 0.3) is 5.97 Å². The summed E-state index contributed by atoms with van der Waals surface area (Å²) in [7, 11) is 1.33. The van der Waals surface area contributed by atoms with E-state index in [0.29, 0.717) is 30.8 Å². The van der Waals surface area contributed by atoms with Crippen LogP contribution in [-0.4, -0.2) is 73.1 Å². The average molecular weight is 861 g/mol. The van der Waals surface area contributed by atoms with Gasteiger partial charge in [0.2, 0.25) is 0 Å². The molecule has 2 saturated heterocycles. The first-order chi connectivity index (χ1) is 24.1. The van der Waals surface area contributed by atoms with Crippen LogP contribution in [0.3, 0.4) is 0 Å². The van der Waals surface area contributed by atoms with Crippen LogP contribution in [-0.2, 0) is 47.7 Å². The highest BCUT2D eigenvalue weighted by atomic mass is 16.6. The molecule has 0 aromatic heterocycles. The van der Waals surface area contributed by atoms with E-state index in [1.54, 1.807) is 13.8 Å². The van der Waals surface area contributed by atoms with Crippen LogP contribution in [0.2, 0.25) is 0 Å². The number of methoxy groups -OCH3 is 1. The highest BCUT2D eigenvalue weighted by Gasteiger charge is 2.63. The first-order valence-corrected chi connectivity index (χ1v) is 19.6. The molecule has 8 fully saturated rings. The van der Waals surface area contributed by atoms with E-state index in [4.69, 9.17) is 33.6 Å². The second-order valence-electron chi connectivity index (χ2n) is 18.0.